The molecule has 0 radical (unpaired) electrons. The Morgan fingerprint density at radius 1 is 1.19 bits per heavy atom. The molecule has 1 saturated heterocycles. The highest BCUT2D eigenvalue weighted by atomic mass is 32.2. The van der Waals surface area contributed by atoms with E-state index in [-0.39, 0.29) is 28.8 Å². The zero-order valence-electron chi connectivity index (χ0n) is 16.9. The lowest BCUT2D eigenvalue weighted by Crippen LogP contribution is -2.41. The van der Waals surface area contributed by atoms with Gasteiger partial charge in [-0.2, -0.15) is 10.1 Å². The number of hydrogen-bond acceptors (Lipinski definition) is 8. The predicted octanol–water partition coefficient (Wildman–Crippen LogP) is 1.30. The van der Waals surface area contributed by atoms with Gasteiger partial charge in [-0.1, -0.05) is 30.3 Å². The molecule has 2 aliphatic rings. The Morgan fingerprint density at radius 2 is 1.97 bits per heavy atom. The summed E-state index contributed by atoms with van der Waals surface area (Å²) in [6.07, 6.45) is 0.628. The fraction of sp³-hybridized carbons (Fsp3) is 0.400. The van der Waals surface area contributed by atoms with Crippen LogP contribution in [0.2, 0.25) is 0 Å². The minimum absolute atomic E-state index is 0.139. The normalized spacial score (nSPS) is 17.3. The van der Waals surface area contributed by atoms with Crippen LogP contribution in [0.4, 0.5) is 0 Å². The van der Waals surface area contributed by atoms with Crippen LogP contribution in [-0.4, -0.2) is 65.4 Å². The van der Waals surface area contributed by atoms with Gasteiger partial charge in [-0.05, 0) is 6.07 Å². The molecule has 0 saturated carbocycles. The van der Waals surface area contributed by atoms with Crippen LogP contribution in [0, 0.1) is 0 Å². The summed E-state index contributed by atoms with van der Waals surface area (Å²) in [5.74, 6) is 0.337. The lowest BCUT2D eigenvalue weighted by Gasteiger charge is -2.26. The van der Waals surface area contributed by atoms with E-state index in [0.29, 0.717) is 61.3 Å². The molecule has 11 heteroatoms. The molecule has 10 nitrogen and oxygen atoms in total. The molecule has 0 unspecified atom stereocenters. The molecule has 1 amide bonds. The molecule has 1 fully saturated rings. The summed E-state index contributed by atoms with van der Waals surface area (Å²) in [5.41, 5.74) is 1.67. The third-order valence-corrected chi connectivity index (χ3v) is 7.17. The van der Waals surface area contributed by atoms with E-state index in [0.717, 1.165) is 0 Å². The first-order valence-corrected chi connectivity index (χ1v) is 11.7. The van der Waals surface area contributed by atoms with Crippen LogP contribution in [-0.2, 0) is 33.3 Å². The van der Waals surface area contributed by atoms with Gasteiger partial charge in [-0.15, -0.1) is 0 Å². The number of ether oxygens (including phenoxy) is 1. The summed E-state index contributed by atoms with van der Waals surface area (Å²) in [7, 11) is -3.60. The molecule has 4 heterocycles. The second-order valence-corrected chi connectivity index (χ2v) is 9.41. The van der Waals surface area contributed by atoms with Crippen molar-refractivity contribution in [1.82, 2.24) is 24.8 Å². The number of aryl methyl sites for hydroxylation is 1. The highest BCUT2D eigenvalue weighted by Crippen LogP contribution is 2.39. The third-order valence-electron chi connectivity index (χ3n) is 5.47. The number of carbonyl (C=O) groups excluding carboxylic acids is 1. The average Bonchev–Trinajstić information content (AvgIpc) is 3.38. The zero-order valence-corrected chi connectivity index (χ0v) is 17.8. The first-order valence-electron chi connectivity index (χ1n) is 10.1. The number of morpholine rings is 1. The molecule has 1 aromatic carbocycles. The van der Waals surface area contributed by atoms with Gasteiger partial charge in [-0.3, -0.25) is 9.48 Å². The first-order chi connectivity index (χ1) is 15.0. The smallest absolute Gasteiger partial charge is 0.274 e. The Labute approximate surface area is 178 Å². The number of aromatic nitrogens is 4. The molecule has 2 aliphatic heterocycles. The van der Waals surface area contributed by atoms with Crippen LogP contribution in [0.15, 0.2) is 33.7 Å². The van der Waals surface area contributed by atoms with Crippen molar-refractivity contribution < 1.29 is 22.5 Å². The van der Waals surface area contributed by atoms with Crippen LogP contribution in [0.1, 0.15) is 34.7 Å². The van der Waals surface area contributed by atoms with Crippen molar-refractivity contribution >= 4 is 15.7 Å². The van der Waals surface area contributed by atoms with E-state index in [1.54, 1.807) is 33.8 Å². The lowest BCUT2D eigenvalue weighted by molar-refractivity contribution is 0.0298. The number of rotatable bonds is 4. The van der Waals surface area contributed by atoms with Crippen molar-refractivity contribution in [1.29, 1.82) is 0 Å². The van der Waals surface area contributed by atoms with Crippen molar-refractivity contribution in [3.63, 3.8) is 0 Å². The molecule has 0 N–H and O–H groups in total. The molecule has 0 atom stereocenters. The minimum Gasteiger partial charge on any atom is -0.378 e. The van der Waals surface area contributed by atoms with Crippen molar-refractivity contribution in [2.45, 2.75) is 30.5 Å². The topological polar surface area (TPSA) is 120 Å². The van der Waals surface area contributed by atoms with Gasteiger partial charge in [0.1, 0.15) is 6.54 Å². The van der Waals surface area contributed by atoms with E-state index in [2.05, 4.69) is 15.2 Å². The molecular weight excluding hydrogens is 422 g/mol. The van der Waals surface area contributed by atoms with Crippen LogP contribution >= 0.6 is 0 Å². The molecule has 0 spiro atoms. The van der Waals surface area contributed by atoms with Crippen LogP contribution in [0.25, 0.3) is 11.3 Å². The standard InChI is InChI=1S/C20H21N5O5S/c1-2-16-21-17(30-23-16)11-25-19-13-5-3-4-6-15(13)31(27,28)12-14(19)18(22-25)20(26)24-7-9-29-10-8-24/h3-6H,2,7-12H2,1H3. The third kappa shape index (κ3) is 3.43. The van der Waals surface area contributed by atoms with E-state index in [1.807, 2.05) is 6.92 Å². The Bertz CT molecular complexity index is 1260. The highest BCUT2D eigenvalue weighted by molar-refractivity contribution is 7.90. The van der Waals surface area contributed by atoms with Crippen molar-refractivity contribution in [3.8, 4) is 11.3 Å². The number of fused-ring (bicyclic) bond motifs is 3. The summed E-state index contributed by atoms with van der Waals surface area (Å²) >= 11 is 0. The van der Waals surface area contributed by atoms with Crippen LogP contribution in [0.5, 0.6) is 0 Å². The maximum absolute atomic E-state index is 13.3. The summed E-state index contributed by atoms with van der Waals surface area (Å²) in [6.45, 7) is 3.82. The maximum atomic E-state index is 13.3. The molecule has 3 aromatic rings. The largest absolute Gasteiger partial charge is 0.378 e. The average molecular weight is 443 g/mol. The van der Waals surface area contributed by atoms with Gasteiger partial charge in [0, 0.05) is 30.6 Å². The molecule has 5 rings (SSSR count). The monoisotopic (exact) mass is 443 g/mol. The van der Waals surface area contributed by atoms with E-state index in [1.165, 1.54) is 0 Å². The van der Waals surface area contributed by atoms with E-state index >= 15 is 0 Å². The van der Waals surface area contributed by atoms with E-state index in [9.17, 15) is 13.2 Å². The quantitative estimate of drug-likeness (QED) is 0.592. The van der Waals surface area contributed by atoms with Gasteiger partial charge in [-0.25, -0.2) is 8.42 Å². The SMILES string of the molecule is CCc1noc(Cn2nc(C(=O)N3CCOCC3)c3c2-c2ccccc2S(=O)(=O)C3)n1. The Balaban J connectivity index is 1.65. The molecule has 0 aliphatic carbocycles. The predicted molar refractivity (Wildman–Crippen MR) is 108 cm³/mol. The Morgan fingerprint density at radius 3 is 2.71 bits per heavy atom. The number of amides is 1. The molecular formula is C20H21N5O5S. The molecule has 31 heavy (non-hydrogen) atoms. The van der Waals surface area contributed by atoms with Crippen LogP contribution in [0.3, 0.4) is 0 Å². The number of benzene rings is 1. The van der Waals surface area contributed by atoms with Gasteiger partial charge in [0.25, 0.3) is 5.91 Å². The van der Waals surface area contributed by atoms with Gasteiger partial charge in [0.05, 0.1) is 29.6 Å². The fourth-order valence-corrected chi connectivity index (χ4v) is 5.56. The number of hydrogen-bond donors (Lipinski definition) is 0. The van der Waals surface area contributed by atoms with Crippen LogP contribution < -0.4 is 0 Å². The molecule has 162 valence electrons. The van der Waals surface area contributed by atoms with E-state index < -0.39 is 9.84 Å². The summed E-state index contributed by atoms with van der Waals surface area (Å²) in [5, 5.41) is 8.47. The zero-order chi connectivity index (χ0) is 21.6. The fourth-order valence-electron chi connectivity index (χ4n) is 3.97. The van der Waals surface area contributed by atoms with Gasteiger partial charge < -0.3 is 14.2 Å². The molecule has 0 bridgehead atoms. The summed E-state index contributed by atoms with van der Waals surface area (Å²) in [4.78, 5) is 19.5. The van der Waals surface area contributed by atoms with Crippen molar-refractivity contribution in [3.05, 3.63) is 47.2 Å². The maximum Gasteiger partial charge on any atom is 0.274 e. The molecule has 2 aromatic heterocycles. The highest BCUT2D eigenvalue weighted by Gasteiger charge is 2.37. The van der Waals surface area contributed by atoms with Crippen molar-refractivity contribution in [2.75, 3.05) is 26.3 Å². The Hall–Kier alpha value is -3.05. The van der Waals surface area contributed by atoms with Gasteiger partial charge in [0.2, 0.25) is 5.89 Å². The van der Waals surface area contributed by atoms with Gasteiger partial charge in [0.15, 0.2) is 21.4 Å². The second-order valence-electron chi connectivity index (χ2n) is 7.45. The van der Waals surface area contributed by atoms with Gasteiger partial charge >= 0.3 is 0 Å². The summed E-state index contributed by atoms with van der Waals surface area (Å²) in [6, 6.07) is 6.77. The second kappa shape index (κ2) is 7.57. The number of nitrogens with zero attached hydrogens (tertiary/aromatic N) is 5. The first kappa shape index (κ1) is 19.9. The minimum atomic E-state index is -3.60. The lowest BCUT2D eigenvalue weighted by atomic mass is 10.1. The van der Waals surface area contributed by atoms with E-state index in [4.69, 9.17) is 9.26 Å². The van der Waals surface area contributed by atoms with Crippen molar-refractivity contribution in [2.24, 2.45) is 0 Å². The number of sulfone groups is 1. The Kier molecular flexibility index (Phi) is 4.86. The number of carbonyl (C=O) groups is 1. The summed E-state index contributed by atoms with van der Waals surface area (Å²) < 4.78 is 38.2.